The van der Waals surface area contributed by atoms with Crippen LogP contribution >= 0.6 is 0 Å². The van der Waals surface area contributed by atoms with E-state index in [0.717, 1.165) is 37.0 Å². The van der Waals surface area contributed by atoms with Crippen LogP contribution in [-0.4, -0.2) is 59.2 Å². The second kappa shape index (κ2) is 5.81. The summed E-state index contributed by atoms with van der Waals surface area (Å²) in [5.41, 5.74) is 2.36. The molecule has 2 aromatic rings. The number of carbonyl (C=O) groups is 1. The number of benzene rings is 1. The first-order chi connectivity index (χ1) is 10.1. The number of likely N-dealkylation sites (N-methyl/N-ethyl adjacent to an activating group) is 1. The Bertz CT molecular complexity index is 631. The van der Waals surface area contributed by atoms with Gasteiger partial charge in [-0.2, -0.15) is 0 Å². The van der Waals surface area contributed by atoms with Gasteiger partial charge in [0.15, 0.2) is 0 Å². The fourth-order valence-electron chi connectivity index (χ4n) is 2.82. The van der Waals surface area contributed by atoms with Gasteiger partial charge in [0.25, 0.3) is 0 Å². The number of fused-ring (bicyclic) bond motifs is 1. The summed E-state index contributed by atoms with van der Waals surface area (Å²) in [4.78, 5) is 16.6. The second-order valence-electron chi connectivity index (χ2n) is 5.80. The Hall–Kier alpha value is -1.95. The van der Waals surface area contributed by atoms with Crippen LogP contribution in [0.15, 0.2) is 22.8 Å². The molecule has 0 aliphatic carbocycles. The maximum absolute atomic E-state index is 12.4. The average molecular weight is 288 g/mol. The van der Waals surface area contributed by atoms with Gasteiger partial charge in [-0.15, -0.1) is 0 Å². The van der Waals surface area contributed by atoms with Crippen molar-refractivity contribution in [2.45, 2.75) is 25.3 Å². The van der Waals surface area contributed by atoms with E-state index in [4.69, 9.17) is 0 Å². The highest BCUT2D eigenvalue weighted by Gasteiger charge is 2.23. The van der Waals surface area contributed by atoms with Gasteiger partial charge in [0.05, 0.1) is 6.42 Å². The largest absolute Gasteiger partial charge is 0.342 e. The summed E-state index contributed by atoms with van der Waals surface area (Å²) in [6.07, 6.45) is 2.49. The molecule has 3 rings (SSSR count). The summed E-state index contributed by atoms with van der Waals surface area (Å²) < 4.78 is 4.68. The Labute approximate surface area is 123 Å². The second-order valence-corrected chi connectivity index (χ2v) is 5.80. The third-order valence-electron chi connectivity index (χ3n) is 4.30. The van der Waals surface area contributed by atoms with Crippen molar-refractivity contribution in [3.05, 3.63) is 23.8 Å². The third kappa shape index (κ3) is 3.05. The molecule has 0 radical (unpaired) electrons. The van der Waals surface area contributed by atoms with Crippen LogP contribution in [0.3, 0.4) is 0 Å². The summed E-state index contributed by atoms with van der Waals surface area (Å²) in [5.74, 6) is 0.153. The minimum atomic E-state index is 0.153. The van der Waals surface area contributed by atoms with Gasteiger partial charge in [0.1, 0.15) is 11.0 Å². The highest BCUT2D eigenvalue weighted by molar-refractivity contribution is 5.81. The minimum Gasteiger partial charge on any atom is -0.342 e. The number of nitrogens with zero attached hydrogens (tertiary/aromatic N) is 4. The van der Waals surface area contributed by atoms with Crippen LogP contribution < -0.4 is 0 Å². The third-order valence-corrected chi connectivity index (χ3v) is 4.30. The van der Waals surface area contributed by atoms with Gasteiger partial charge in [-0.1, -0.05) is 6.07 Å². The van der Waals surface area contributed by atoms with Crippen LogP contribution in [0.25, 0.3) is 11.0 Å². The molecule has 1 amide bonds. The summed E-state index contributed by atoms with van der Waals surface area (Å²) in [5, 5.41) is 7.58. The number of hydrogen-bond acceptors (Lipinski definition) is 5. The number of likely N-dealkylation sites (tertiary alicyclic amines) is 1. The number of carbonyl (C=O) groups excluding carboxylic acids is 1. The molecule has 0 atom stereocenters. The first kappa shape index (κ1) is 14.0. The fraction of sp³-hybridized carbons (Fsp3) is 0.533. The van der Waals surface area contributed by atoms with Crippen LogP contribution in [0.5, 0.6) is 0 Å². The number of hydrogen-bond donors (Lipinski definition) is 0. The Morgan fingerprint density at radius 1 is 1.33 bits per heavy atom. The van der Waals surface area contributed by atoms with Crippen molar-refractivity contribution in [1.82, 2.24) is 20.1 Å². The molecule has 1 aliphatic rings. The zero-order chi connectivity index (χ0) is 14.8. The molecule has 1 aromatic carbocycles. The Kier molecular flexibility index (Phi) is 3.88. The van der Waals surface area contributed by atoms with E-state index in [1.807, 2.05) is 30.1 Å². The zero-order valence-corrected chi connectivity index (χ0v) is 12.5. The lowest BCUT2D eigenvalue weighted by atomic mass is 10.0. The van der Waals surface area contributed by atoms with E-state index in [1.54, 1.807) is 0 Å². The number of aromatic nitrogens is 2. The van der Waals surface area contributed by atoms with Crippen molar-refractivity contribution >= 4 is 16.9 Å². The van der Waals surface area contributed by atoms with Gasteiger partial charge in [0, 0.05) is 13.1 Å². The monoisotopic (exact) mass is 288 g/mol. The molecule has 6 heteroatoms. The summed E-state index contributed by atoms with van der Waals surface area (Å²) >= 11 is 0. The Morgan fingerprint density at radius 3 is 2.81 bits per heavy atom. The summed E-state index contributed by atoms with van der Waals surface area (Å²) in [7, 11) is 4.04. The topological polar surface area (TPSA) is 62.5 Å². The number of amides is 1. The van der Waals surface area contributed by atoms with E-state index < -0.39 is 0 Å². The number of piperidine rings is 1. The van der Waals surface area contributed by atoms with Crippen LogP contribution in [0.4, 0.5) is 0 Å². The normalized spacial score (nSPS) is 17.2. The van der Waals surface area contributed by atoms with Gasteiger partial charge in [-0.05, 0) is 61.0 Å². The van der Waals surface area contributed by atoms with E-state index in [-0.39, 0.29) is 5.91 Å². The maximum Gasteiger partial charge on any atom is 0.226 e. The maximum atomic E-state index is 12.4. The van der Waals surface area contributed by atoms with Crippen LogP contribution in [0, 0.1) is 0 Å². The SMILES string of the molecule is CN1CCC(N(C)C(=O)Cc2ccc3nonc3c2)CC1. The van der Waals surface area contributed by atoms with Crippen LogP contribution in [0.2, 0.25) is 0 Å². The lowest BCUT2D eigenvalue weighted by Gasteiger charge is -2.35. The molecular weight excluding hydrogens is 268 g/mol. The van der Waals surface area contributed by atoms with Gasteiger partial charge in [-0.25, -0.2) is 4.63 Å². The number of rotatable bonds is 3. The zero-order valence-electron chi connectivity index (χ0n) is 12.5. The lowest BCUT2D eigenvalue weighted by molar-refractivity contribution is -0.132. The van der Waals surface area contributed by atoms with E-state index in [1.165, 1.54) is 0 Å². The fourth-order valence-corrected chi connectivity index (χ4v) is 2.82. The van der Waals surface area contributed by atoms with Crippen molar-refractivity contribution in [2.75, 3.05) is 27.2 Å². The van der Waals surface area contributed by atoms with Gasteiger partial charge in [-0.3, -0.25) is 4.79 Å². The highest BCUT2D eigenvalue weighted by atomic mass is 16.6. The Morgan fingerprint density at radius 2 is 2.05 bits per heavy atom. The molecule has 0 saturated carbocycles. The van der Waals surface area contributed by atoms with Gasteiger partial charge < -0.3 is 9.80 Å². The molecular formula is C15H20N4O2. The molecule has 1 saturated heterocycles. The molecule has 1 fully saturated rings. The van der Waals surface area contributed by atoms with Crippen molar-refractivity contribution in [3.8, 4) is 0 Å². The molecule has 0 bridgehead atoms. The molecule has 112 valence electrons. The van der Waals surface area contributed by atoms with Crippen molar-refractivity contribution in [3.63, 3.8) is 0 Å². The average Bonchev–Trinajstić information content (AvgIpc) is 2.95. The molecule has 1 aliphatic heterocycles. The van der Waals surface area contributed by atoms with E-state index >= 15 is 0 Å². The predicted octanol–water partition coefficient (Wildman–Crippen LogP) is 1.32. The summed E-state index contributed by atoms with van der Waals surface area (Å²) in [6, 6.07) is 5.97. The molecule has 0 spiro atoms. The molecule has 6 nitrogen and oxygen atoms in total. The first-order valence-corrected chi connectivity index (χ1v) is 7.29. The van der Waals surface area contributed by atoms with E-state index in [0.29, 0.717) is 18.0 Å². The standard InChI is InChI=1S/C15H20N4O2/c1-18-7-5-12(6-8-18)19(2)15(20)10-11-3-4-13-14(9-11)17-21-16-13/h3-4,9,12H,5-8,10H2,1-2H3. The molecule has 1 aromatic heterocycles. The molecule has 21 heavy (non-hydrogen) atoms. The van der Waals surface area contributed by atoms with Gasteiger partial charge >= 0.3 is 0 Å². The van der Waals surface area contributed by atoms with Gasteiger partial charge in [0.2, 0.25) is 5.91 Å². The predicted molar refractivity (Wildman–Crippen MR) is 78.8 cm³/mol. The quantitative estimate of drug-likeness (QED) is 0.852. The smallest absolute Gasteiger partial charge is 0.226 e. The first-order valence-electron chi connectivity index (χ1n) is 7.29. The van der Waals surface area contributed by atoms with Crippen LogP contribution in [0.1, 0.15) is 18.4 Å². The lowest BCUT2D eigenvalue weighted by Crippen LogP contribution is -2.44. The summed E-state index contributed by atoms with van der Waals surface area (Å²) in [6.45, 7) is 2.11. The molecule has 0 unspecified atom stereocenters. The van der Waals surface area contributed by atoms with Crippen molar-refractivity contribution in [1.29, 1.82) is 0 Å². The highest BCUT2D eigenvalue weighted by Crippen LogP contribution is 2.17. The molecule has 2 heterocycles. The van der Waals surface area contributed by atoms with E-state index in [2.05, 4.69) is 26.9 Å². The minimum absolute atomic E-state index is 0.153. The Balaban J connectivity index is 1.64. The van der Waals surface area contributed by atoms with Crippen molar-refractivity contribution in [2.24, 2.45) is 0 Å². The van der Waals surface area contributed by atoms with Crippen LogP contribution in [-0.2, 0) is 11.2 Å². The van der Waals surface area contributed by atoms with Crippen molar-refractivity contribution < 1.29 is 9.42 Å². The van der Waals surface area contributed by atoms with E-state index in [9.17, 15) is 4.79 Å². The molecule has 0 N–H and O–H groups in total.